The zero-order valence-corrected chi connectivity index (χ0v) is 20.0. The molecule has 3 fully saturated rings. The van der Waals surface area contributed by atoms with Crippen molar-refractivity contribution in [1.82, 2.24) is 14.8 Å². The number of nitrogens with zero attached hydrogens (tertiary/aromatic N) is 3. The second kappa shape index (κ2) is 10.2. The molecule has 1 aromatic heterocycles. The summed E-state index contributed by atoms with van der Waals surface area (Å²) in [6, 6.07) is 9.86. The van der Waals surface area contributed by atoms with E-state index in [2.05, 4.69) is 4.90 Å². The van der Waals surface area contributed by atoms with Crippen LogP contribution in [-0.4, -0.2) is 58.9 Å². The molecule has 2 atom stereocenters. The van der Waals surface area contributed by atoms with Crippen LogP contribution in [0.3, 0.4) is 0 Å². The van der Waals surface area contributed by atoms with Gasteiger partial charge in [0, 0.05) is 37.0 Å². The maximum Gasteiger partial charge on any atom is 0.273 e. The Balaban J connectivity index is 1.14. The monoisotopic (exact) mass is 467 g/mol. The van der Waals surface area contributed by atoms with Gasteiger partial charge in [-0.3, -0.25) is 9.59 Å². The molecule has 5 rings (SSSR count). The summed E-state index contributed by atoms with van der Waals surface area (Å²) in [6.45, 7) is 2.36. The number of rotatable bonds is 5. The minimum atomic E-state index is 0.0273. The maximum absolute atomic E-state index is 13.3. The number of carbonyl (C=O) groups is 2. The number of aromatic nitrogens is 1. The van der Waals surface area contributed by atoms with E-state index in [1.807, 2.05) is 40.6 Å². The average Bonchev–Trinajstić information content (AvgIpc) is 3.38. The standard InChI is InChI=1S/C26H33N3O3S/c30-24(17-32-21-9-2-1-3-10-21)28-15-12-20(13-16-28)25-27-22(18-33-25)26(31)29-14-6-8-19-7-4-5-11-23(19)29/h1-3,9-10,18-20,23H,4-8,11-17H2. The Bertz CT molecular complexity index is 953. The molecule has 2 aromatic rings. The highest BCUT2D eigenvalue weighted by Crippen LogP contribution is 2.36. The predicted molar refractivity (Wildman–Crippen MR) is 129 cm³/mol. The summed E-state index contributed by atoms with van der Waals surface area (Å²) in [5.74, 6) is 1.87. The van der Waals surface area contributed by atoms with Gasteiger partial charge in [0.25, 0.3) is 11.8 Å². The highest BCUT2D eigenvalue weighted by Gasteiger charge is 2.37. The summed E-state index contributed by atoms with van der Waals surface area (Å²) in [5.41, 5.74) is 0.621. The Morgan fingerprint density at radius 3 is 2.55 bits per heavy atom. The van der Waals surface area contributed by atoms with E-state index in [4.69, 9.17) is 9.72 Å². The van der Waals surface area contributed by atoms with Crippen LogP contribution >= 0.6 is 11.3 Å². The summed E-state index contributed by atoms with van der Waals surface area (Å²) in [4.78, 5) is 34.6. The minimum absolute atomic E-state index is 0.0273. The molecule has 3 heterocycles. The summed E-state index contributed by atoms with van der Waals surface area (Å²) in [6.07, 6.45) is 9.11. The van der Waals surface area contributed by atoms with Crippen LogP contribution in [0.15, 0.2) is 35.7 Å². The van der Waals surface area contributed by atoms with Gasteiger partial charge in [0.2, 0.25) is 0 Å². The number of amides is 2. The van der Waals surface area contributed by atoms with Gasteiger partial charge in [0.15, 0.2) is 6.61 Å². The number of ether oxygens (including phenoxy) is 1. The van der Waals surface area contributed by atoms with Crippen LogP contribution in [0.2, 0.25) is 0 Å². The van der Waals surface area contributed by atoms with Crippen molar-refractivity contribution in [2.75, 3.05) is 26.2 Å². The number of carbonyl (C=O) groups excluding carboxylic acids is 2. The fraction of sp³-hybridized carbons (Fsp3) is 0.577. The Labute approximate surface area is 199 Å². The van der Waals surface area contributed by atoms with Crippen molar-refractivity contribution in [3.8, 4) is 5.75 Å². The molecule has 2 aliphatic heterocycles. The fourth-order valence-electron chi connectivity index (χ4n) is 5.73. The lowest BCUT2D eigenvalue weighted by Crippen LogP contribution is -2.49. The van der Waals surface area contributed by atoms with Gasteiger partial charge < -0.3 is 14.5 Å². The number of para-hydroxylation sites is 1. The topological polar surface area (TPSA) is 62.7 Å². The number of thiazole rings is 1. The van der Waals surface area contributed by atoms with E-state index in [0.29, 0.717) is 42.4 Å². The normalized spacial score (nSPS) is 23.8. The molecule has 1 aromatic carbocycles. The third-order valence-electron chi connectivity index (χ3n) is 7.55. The second-order valence-corrected chi connectivity index (χ2v) is 10.5. The highest BCUT2D eigenvalue weighted by molar-refractivity contribution is 7.09. The lowest BCUT2D eigenvalue weighted by atomic mass is 9.78. The summed E-state index contributed by atoms with van der Waals surface area (Å²) < 4.78 is 5.61. The van der Waals surface area contributed by atoms with E-state index in [1.165, 1.54) is 25.7 Å². The van der Waals surface area contributed by atoms with E-state index < -0.39 is 0 Å². The van der Waals surface area contributed by atoms with E-state index in [0.717, 1.165) is 37.2 Å². The molecule has 33 heavy (non-hydrogen) atoms. The van der Waals surface area contributed by atoms with Crippen molar-refractivity contribution in [2.24, 2.45) is 5.92 Å². The molecule has 3 aliphatic rings. The molecule has 2 unspecified atom stereocenters. The summed E-state index contributed by atoms with van der Waals surface area (Å²) >= 11 is 1.61. The SMILES string of the molecule is O=C(COc1ccccc1)N1CCC(c2nc(C(=O)N3CCCC4CCCCC43)cs2)CC1. The van der Waals surface area contributed by atoms with Crippen molar-refractivity contribution >= 4 is 23.2 Å². The van der Waals surface area contributed by atoms with Gasteiger partial charge in [-0.05, 0) is 56.6 Å². The van der Waals surface area contributed by atoms with Crippen molar-refractivity contribution in [2.45, 2.75) is 63.3 Å². The molecule has 2 saturated heterocycles. The number of hydrogen-bond donors (Lipinski definition) is 0. The molecule has 2 amide bonds. The Kier molecular flexibility index (Phi) is 6.95. The maximum atomic E-state index is 13.3. The van der Waals surface area contributed by atoms with Gasteiger partial charge in [-0.15, -0.1) is 11.3 Å². The zero-order valence-electron chi connectivity index (χ0n) is 19.2. The van der Waals surface area contributed by atoms with Crippen LogP contribution in [0.1, 0.15) is 72.8 Å². The quantitative estimate of drug-likeness (QED) is 0.638. The van der Waals surface area contributed by atoms with E-state index in [9.17, 15) is 9.59 Å². The van der Waals surface area contributed by atoms with Crippen molar-refractivity contribution in [1.29, 1.82) is 0 Å². The molecule has 0 bridgehead atoms. The molecule has 1 saturated carbocycles. The third-order valence-corrected chi connectivity index (χ3v) is 8.55. The lowest BCUT2D eigenvalue weighted by Gasteiger charge is -2.43. The van der Waals surface area contributed by atoms with Gasteiger partial charge >= 0.3 is 0 Å². The van der Waals surface area contributed by atoms with Crippen LogP contribution in [-0.2, 0) is 4.79 Å². The fourth-order valence-corrected chi connectivity index (χ4v) is 6.69. The first-order chi connectivity index (χ1) is 16.2. The zero-order chi connectivity index (χ0) is 22.6. The van der Waals surface area contributed by atoms with E-state index in [1.54, 1.807) is 11.3 Å². The molecule has 6 nitrogen and oxygen atoms in total. The highest BCUT2D eigenvalue weighted by atomic mass is 32.1. The first-order valence-electron chi connectivity index (χ1n) is 12.4. The molecule has 0 radical (unpaired) electrons. The van der Waals surface area contributed by atoms with Crippen molar-refractivity contribution in [3.05, 3.63) is 46.4 Å². The van der Waals surface area contributed by atoms with Gasteiger partial charge in [-0.2, -0.15) is 0 Å². The predicted octanol–water partition coefficient (Wildman–Crippen LogP) is 4.72. The first-order valence-corrected chi connectivity index (χ1v) is 13.3. The smallest absolute Gasteiger partial charge is 0.273 e. The Morgan fingerprint density at radius 2 is 1.73 bits per heavy atom. The third kappa shape index (κ3) is 5.08. The number of fused-ring (bicyclic) bond motifs is 1. The van der Waals surface area contributed by atoms with E-state index in [-0.39, 0.29) is 18.4 Å². The Hall–Kier alpha value is -2.41. The van der Waals surface area contributed by atoms with Crippen molar-refractivity contribution in [3.63, 3.8) is 0 Å². The molecule has 0 N–H and O–H groups in total. The molecule has 176 valence electrons. The Morgan fingerprint density at radius 1 is 0.970 bits per heavy atom. The number of hydrogen-bond acceptors (Lipinski definition) is 5. The first kappa shape index (κ1) is 22.4. The van der Waals surface area contributed by atoms with E-state index >= 15 is 0 Å². The molecule has 7 heteroatoms. The molecular formula is C26H33N3O3S. The van der Waals surface area contributed by atoms with Gasteiger partial charge in [-0.25, -0.2) is 4.98 Å². The van der Waals surface area contributed by atoms with Crippen LogP contribution in [0.25, 0.3) is 0 Å². The van der Waals surface area contributed by atoms with Crippen LogP contribution in [0, 0.1) is 5.92 Å². The molecular weight excluding hydrogens is 434 g/mol. The van der Waals surface area contributed by atoms with Crippen molar-refractivity contribution < 1.29 is 14.3 Å². The molecule has 1 aliphatic carbocycles. The van der Waals surface area contributed by atoms with Crippen LogP contribution in [0.5, 0.6) is 5.75 Å². The largest absolute Gasteiger partial charge is 0.484 e. The lowest BCUT2D eigenvalue weighted by molar-refractivity contribution is -0.134. The minimum Gasteiger partial charge on any atom is -0.484 e. The van der Waals surface area contributed by atoms with Crippen LogP contribution < -0.4 is 4.74 Å². The second-order valence-electron chi connectivity index (χ2n) is 9.58. The molecule has 0 spiro atoms. The summed E-state index contributed by atoms with van der Waals surface area (Å²) in [7, 11) is 0. The van der Waals surface area contributed by atoms with Gasteiger partial charge in [0.1, 0.15) is 11.4 Å². The number of likely N-dealkylation sites (tertiary alicyclic amines) is 2. The van der Waals surface area contributed by atoms with Crippen LogP contribution in [0.4, 0.5) is 0 Å². The van der Waals surface area contributed by atoms with Gasteiger partial charge in [-0.1, -0.05) is 31.0 Å². The number of piperidine rings is 2. The average molecular weight is 468 g/mol. The summed E-state index contributed by atoms with van der Waals surface area (Å²) in [5, 5.41) is 3.00. The number of benzene rings is 1. The van der Waals surface area contributed by atoms with Gasteiger partial charge in [0.05, 0.1) is 5.01 Å².